The second-order valence-corrected chi connectivity index (χ2v) is 5.97. The highest BCUT2D eigenvalue weighted by Crippen LogP contribution is 2.09. The summed E-state index contributed by atoms with van der Waals surface area (Å²) < 4.78 is 10.5. The first-order valence-electron chi connectivity index (χ1n) is 8.88. The van der Waals surface area contributed by atoms with E-state index in [1.807, 2.05) is 30.3 Å². The first-order chi connectivity index (χ1) is 13.8. The van der Waals surface area contributed by atoms with Crippen LogP contribution in [0.1, 0.15) is 40.5 Å². The Balaban J connectivity index is 0.000000308. The second kappa shape index (κ2) is 12.7. The van der Waals surface area contributed by atoms with E-state index in [9.17, 15) is 14.4 Å². The average Bonchev–Trinajstić information content (AvgIpc) is 2.71. The largest absolute Gasteiger partial charge is 0.494 e. The quantitative estimate of drug-likeness (QED) is 0.371. The Bertz CT molecular complexity index is 778. The fourth-order valence-electron chi connectivity index (χ4n) is 1.95. The molecule has 0 atom stereocenters. The maximum absolute atomic E-state index is 11.0. The van der Waals surface area contributed by atoms with Gasteiger partial charge in [-0.2, -0.15) is 0 Å². The van der Waals surface area contributed by atoms with Crippen molar-refractivity contribution in [3.63, 3.8) is 0 Å². The lowest BCUT2D eigenvalue weighted by Crippen LogP contribution is -2.07. The van der Waals surface area contributed by atoms with Gasteiger partial charge in [0.05, 0.1) is 24.3 Å². The fraction of sp³-hybridized carbons (Fsp3) is 0.227. The molecule has 2 rings (SSSR count). The molecule has 0 saturated heterocycles. The van der Waals surface area contributed by atoms with Crippen molar-refractivity contribution < 1.29 is 34.1 Å². The van der Waals surface area contributed by atoms with Gasteiger partial charge in [-0.05, 0) is 56.2 Å². The van der Waals surface area contributed by atoms with Crippen molar-refractivity contribution in [3.05, 3.63) is 77.9 Å². The zero-order valence-corrected chi connectivity index (χ0v) is 16.2. The summed E-state index contributed by atoms with van der Waals surface area (Å²) in [7, 11) is 0. The Morgan fingerprint density at radius 1 is 0.828 bits per heavy atom. The third-order valence-electron chi connectivity index (χ3n) is 3.51. The van der Waals surface area contributed by atoms with Crippen LogP contribution in [0, 0.1) is 0 Å². The first kappa shape index (κ1) is 23.4. The zero-order valence-electron chi connectivity index (χ0n) is 16.2. The molecule has 29 heavy (non-hydrogen) atoms. The molecule has 0 aliphatic carbocycles. The highest BCUT2D eigenvalue weighted by molar-refractivity contribution is 5.91. The molecule has 0 saturated carbocycles. The highest BCUT2D eigenvalue weighted by atomic mass is 16.5. The predicted molar refractivity (Wildman–Crippen MR) is 107 cm³/mol. The molecule has 0 bridgehead atoms. The van der Waals surface area contributed by atoms with Gasteiger partial charge in [0.1, 0.15) is 5.75 Å². The van der Waals surface area contributed by atoms with Crippen LogP contribution in [0.15, 0.2) is 66.7 Å². The summed E-state index contributed by atoms with van der Waals surface area (Å²) in [5.41, 5.74) is 0.602. The molecule has 0 aliphatic heterocycles. The molecule has 0 heterocycles. The van der Waals surface area contributed by atoms with Crippen LogP contribution in [0.5, 0.6) is 5.75 Å². The van der Waals surface area contributed by atoms with Crippen molar-refractivity contribution in [1.29, 1.82) is 0 Å². The minimum Gasteiger partial charge on any atom is -0.494 e. The Hall–Kier alpha value is -3.61. The summed E-state index contributed by atoms with van der Waals surface area (Å²) >= 11 is 0. The van der Waals surface area contributed by atoms with Crippen molar-refractivity contribution in [2.45, 2.75) is 19.8 Å². The number of para-hydroxylation sites is 1. The molecule has 0 amide bonds. The molecule has 2 aromatic rings. The van der Waals surface area contributed by atoms with Gasteiger partial charge in [0.2, 0.25) is 0 Å². The summed E-state index contributed by atoms with van der Waals surface area (Å²) in [6, 6.07) is 14.7. The number of ether oxygens (including phenoxy) is 2. The molecule has 0 spiro atoms. The number of carboxylic acid groups (broad SMARTS) is 2. The smallest absolute Gasteiger partial charge is 0.335 e. The molecule has 0 aliphatic rings. The van der Waals surface area contributed by atoms with Gasteiger partial charge < -0.3 is 19.7 Å². The molecule has 0 fully saturated rings. The number of hydrogen-bond donors (Lipinski definition) is 2. The van der Waals surface area contributed by atoms with E-state index >= 15 is 0 Å². The van der Waals surface area contributed by atoms with Crippen LogP contribution in [0.4, 0.5) is 0 Å². The SMILES string of the molecule is C=C(C)C(=O)OCCCCOc1ccccc1.O=C(O)c1ccc(C(=O)O)cc1. The number of carbonyl (C=O) groups is 3. The van der Waals surface area contributed by atoms with Crippen molar-refractivity contribution >= 4 is 17.9 Å². The summed E-state index contributed by atoms with van der Waals surface area (Å²) in [6.07, 6.45) is 1.66. The van der Waals surface area contributed by atoms with E-state index in [1.54, 1.807) is 6.92 Å². The number of esters is 1. The van der Waals surface area contributed by atoms with E-state index in [4.69, 9.17) is 19.7 Å². The Morgan fingerprint density at radius 2 is 1.31 bits per heavy atom. The Morgan fingerprint density at radius 3 is 1.76 bits per heavy atom. The van der Waals surface area contributed by atoms with Crippen LogP contribution in [-0.4, -0.2) is 41.3 Å². The number of benzene rings is 2. The summed E-state index contributed by atoms with van der Waals surface area (Å²) in [5.74, 6) is -1.58. The number of aromatic carboxylic acids is 2. The normalized spacial score (nSPS) is 9.55. The molecule has 0 aromatic heterocycles. The standard InChI is InChI=1S/C14H18O3.C8H6O4/c1-12(2)14(15)17-11-7-6-10-16-13-8-4-3-5-9-13;9-7(10)5-1-2-6(4-3-5)8(11)12/h3-5,8-9H,1,6-7,10-11H2,2H3;1-4H,(H,9,10)(H,11,12). The van der Waals surface area contributed by atoms with Crippen molar-refractivity contribution in [2.75, 3.05) is 13.2 Å². The summed E-state index contributed by atoms with van der Waals surface area (Å²) in [5, 5.41) is 16.9. The van der Waals surface area contributed by atoms with Crippen LogP contribution >= 0.6 is 0 Å². The molecule has 0 radical (unpaired) electrons. The van der Waals surface area contributed by atoms with Gasteiger partial charge in [-0.1, -0.05) is 24.8 Å². The van der Waals surface area contributed by atoms with E-state index in [-0.39, 0.29) is 17.1 Å². The molecule has 154 valence electrons. The van der Waals surface area contributed by atoms with Gasteiger partial charge in [-0.3, -0.25) is 0 Å². The van der Waals surface area contributed by atoms with Crippen LogP contribution in [-0.2, 0) is 9.53 Å². The van der Waals surface area contributed by atoms with Crippen LogP contribution in [0.2, 0.25) is 0 Å². The number of rotatable bonds is 9. The van der Waals surface area contributed by atoms with E-state index in [0.717, 1.165) is 18.6 Å². The Kier molecular flexibility index (Phi) is 10.3. The van der Waals surface area contributed by atoms with Gasteiger partial charge in [-0.25, -0.2) is 14.4 Å². The van der Waals surface area contributed by atoms with E-state index in [2.05, 4.69) is 6.58 Å². The van der Waals surface area contributed by atoms with Gasteiger partial charge in [-0.15, -0.1) is 0 Å². The van der Waals surface area contributed by atoms with Crippen molar-refractivity contribution in [3.8, 4) is 5.75 Å². The number of carbonyl (C=O) groups excluding carboxylic acids is 1. The predicted octanol–water partition coefficient (Wildman–Crippen LogP) is 4.05. The zero-order chi connectivity index (χ0) is 21.6. The van der Waals surface area contributed by atoms with Crippen LogP contribution in [0.3, 0.4) is 0 Å². The van der Waals surface area contributed by atoms with Crippen LogP contribution in [0.25, 0.3) is 0 Å². The second-order valence-electron chi connectivity index (χ2n) is 5.97. The Labute approximate surface area is 169 Å². The number of unbranched alkanes of at least 4 members (excludes halogenated alkanes) is 1. The van der Waals surface area contributed by atoms with Gasteiger partial charge in [0, 0.05) is 5.57 Å². The lowest BCUT2D eigenvalue weighted by atomic mass is 10.1. The van der Waals surface area contributed by atoms with Crippen molar-refractivity contribution in [1.82, 2.24) is 0 Å². The number of carboxylic acids is 2. The monoisotopic (exact) mass is 400 g/mol. The lowest BCUT2D eigenvalue weighted by Gasteiger charge is -2.06. The van der Waals surface area contributed by atoms with Gasteiger partial charge in [0.25, 0.3) is 0 Å². The first-order valence-corrected chi connectivity index (χ1v) is 8.88. The maximum atomic E-state index is 11.0. The number of hydrogen-bond acceptors (Lipinski definition) is 5. The molecule has 2 N–H and O–H groups in total. The van der Waals surface area contributed by atoms with E-state index < -0.39 is 11.9 Å². The molecule has 0 unspecified atom stereocenters. The van der Waals surface area contributed by atoms with E-state index in [1.165, 1.54) is 24.3 Å². The lowest BCUT2D eigenvalue weighted by molar-refractivity contribution is -0.139. The third kappa shape index (κ3) is 9.76. The molecule has 2 aromatic carbocycles. The van der Waals surface area contributed by atoms with E-state index in [0.29, 0.717) is 18.8 Å². The minimum atomic E-state index is -1.06. The third-order valence-corrected chi connectivity index (χ3v) is 3.51. The molecule has 7 heteroatoms. The van der Waals surface area contributed by atoms with Gasteiger partial charge in [0.15, 0.2) is 0 Å². The minimum absolute atomic E-state index is 0.0833. The average molecular weight is 400 g/mol. The molecular weight excluding hydrogens is 376 g/mol. The summed E-state index contributed by atoms with van der Waals surface area (Å²) in [6.45, 7) is 6.20. The fourth-order valence-corrected chi connectivity index (χ4v) is 1.95. The summed E-state index contributed by atoms with van der Waals surface area (Å²) in [4.78, 5) is 31.7. The highest BCUT2D eigenvalue weighted by Gasteiger charge is 2.05. The van der Waals surface area contributed by atoms with Gasteiger partial charge >= 0.3 is 17.9 Å². The van der Waals surface area contributed by atoms with Crippen molar-refractivity contribution in [2.24, 2.45) is 0 Å². The molecule has 7 nitrogen and oxygen atoms in total. The molecular formula is C22H24O7. The topological polar surface area (TPSA) is 110 Å². The van der Waals surface area contributed by atoms with Crippen LogP contribution < -0.4 is 4.74 Å². The maximum Gasteiger partial charge on any atom is 0.335 e.